The Morgan fingerprint density at radius 2 is 2.03 bits per heavy atom. The molecule has 0 aliphatic carbocycles. The average molecular weight is 507 g/mol. The van der Waals surface area contributed by atoms with E-state index in [0.29, 0.717) is 24.5 Å². The van der Waals surface area contributed by atoms with E-state index in [1.165, 1.54) is 6.07 Å². The average Bonchev–Trinajstić information content (AvgIpc) is 2.75. The predicted molar refractivity (Wildman–Crippen MR) is 115 cm³/mol. The van der Waals surface area contributed by atoms with Crippen LogP contribution < -0.4 is 15.0 Å². The summed E-state index contributed by atoms with van der Waals surface area (Å²) in [6, 6.07) is 12.4. The summed E-state index contributed by atoms with van der Waals surface area (Å²) < 4.78 is 33.2. The lowest BCUT2D eigenvalue weighted by atomic mass is 10.1. The summed E-state index contributed by atoms with van der Waals surface area (Å²) in [6.07, 6.45) is 1.83. The number of aromatic nitrogens is 1. The highest BCUT2D eigenvalue weighted by Gasteiger charge is 2.25. The van der Waals surface area contributed by atoms with Gasteiger partial charge in [0, 0.05) is 22.4 Å². The first-order valence-electron chi connectivity index (χ1n) is 8.87. The van der Waals surface area contributed by atoms with Gasteiger partial charge < -0.3 is 15.0 Å². The van der Waals surface area contributed by atoms with Gasteiger partial charge in [0.1, 0.15) is 12.4 Å². The molecule has 148 valence electrons. The lowest BCUT2D eigenvalue weighted by molar-refractivity contribution is 0.102. The number of nitrogens with one attached hydrogen (secondary N) is 1. The molecule has 1 N–H and O–H groups in total. The van der Waals surface area contributed by atoms with Crippen LogP contribution in [-0.2, 0) is 4.43 Å². The van der Waals surface area contributed by atoms with Gasteiger partial charge >= 0.3 is 0 Å². The zero-order chi connectivity index (χ0) is 20.4. The number of para-hydroxylation sites is 1. The van der Waals surface area contributed by atoms with Crippen LogP contribution in [0.25, 0.3) is 0 Å². The summed E-state index contributed by atoms with van der Waals surface area (Å²) in [6.45, 7) is 0.982. The number of carbonyl (C=O) groups excluding carboxylic acids is 1. The Balaban J connectivity index is 1.64. The summed E-state index contributed by atoms with van der Waals surface area (Å²) in [4.78, 5) is 19.3. The van der Waals surface area contributed by atoms with Crippen molar-refractivity contribution in [2.24, 2.45) is 0 Å². The maximum atomic E-state index is 13.4. The van der Waals surface area contributed by atoms with Crippen LogP contribution in [0.15, 0.2) is 54.7 Å². The van der Waals surface area contributed by atoms with Crippen LogP contribution in [0.3, 0.4) is 0 Å². The van der Waals surface area contributed by atoms with Gasteiger partial charge in [-0.1, -0.05) is 34.7 Å². The molecule has 0 fully saturated rings. The van der Waals surface area contributed by atoms with Crippen molar-refractivity contribution in [3.8, 4) is 5.75 Å². The minimum Gasteiger partial charge on any atom is -0.489 e. The lowest BCUT2D eigenvalue weighted by Crippen LogP contribution is -2.30. The Morgan fingerprint density at radius 3 is 2.76 bits per heavy atom. The topological polar surface area (TPSA) is 54.5 Å². The van der Waals surface area contributed by atoms with Crippen molar-refractivity contribution < 1.29 is 18.3 Å². The fourth-order valence-electron chi connectivity index (χ4n) is 3.09. The third-order valence-electron chi connectivity index (χ3n) is 4.51. The first-order chi connectivity index (χ1) is 14.1. The highest BCUT2D eigenvalue weighted by molar-refractivity contribution is 14.1. The van der Waals surface area contributed by atoms with E-state index in [0.717, 1.165) is 33.6 Å². The molecule has 1 aliphatic rings. The fraction of sp³-hybridized carbons (Fsp3) is 0.143. The summed E-state index contributed by atoms with van der Waals surface area (Å²) in [5.41, 5.74) is 2.32. The minimum atomic E-state index is -1.03. The number of hydrogen-bond donors (Lipinski definition) is 1. The maximum absolute atomic E-state index is 13.4. The van der Waals surface area contributed by atoms with Crippen LogP contribution in [0.1, 0.15) is 15.9 Å². The number of halogens is 3. The molecule has 1 amide bonds. The largest absolute Gasteiger partial charge is 0.489 e. The van der Waals surface area contributed by atoms with E-state index >= 15 is 0 Å². The molecule has 0 radical (unpaired) electrons. The van der Waals surface area contributed by atoms with Crippen molar-refractivity contribution in [1.29, 1.82) is 0 Å². The van der Waals surface area contributed by atoms with Crippen LogP contribution in [0.2, 0.25) is 0 Å². The third kappa shape index (κ3) is 4.02. The molecule has 4 rings (SSSR count). The summed E-state index contributed by atoms with van der Waals surface area (Å²) in [5.74, 6) is -1.27. The van der Waals surface area contributed by atoms with E-state index in [4.69, 9.17) is 4.74 Å². The zero-order valence-corrected chi connectivity index (χ0v) is 17.3. The number of benzene rings is 2. The number of anilines is 3. The number of rotatable bonds is 4. The fourth-order valence-corrected chi connectivity index (χ4v) is 3.54. The van der Waals surface area contributed by atoms with Crippen LogP contribution in [0.4, 0.5) is 26.0 Å². The molecule has 1 aliphatic heterocycles. The van der Waals surface area contributed by atoms with Gasteiger partial charge in [0.25, 0.3) is 5.91 Å². The van der Waals surface area contributed by atoms with E-state index in [9.17, 15) is 13.6 Å². The molecule has 0 atom stereocenters. The van der Waals surface area contributed by atoms with Gasteiger partial charge in [-0.3, -0.25) is 4.79 Å². The molecule has 0 saturated carbocycles. The van der Waals surface area contributed by atoms with Crippen molar-refractivity contribution in [3.05, 3.63) is 77.5 Å². The maximum Gasteiger partial charge on any atom is 0.259 e. The second kappa shape index (κ2) is 8.32. The molecule has 2 aromatic carbocycles. The summed E-state index contributed by atoms with van der Waals surface area (Å²) >= 11 is 2.28. The summed E-state index contributed by atoms with van der Waals surface area (Å²) in [7, 11) is 0. The molecule has 0 saturated heterocycles. The molecule has 0 spiro atoms. The van der Waals surface area contributed by atoms with Gasteiger partial charge in [0.2, 0.25) is 0 Å². The number of pyridine rings is 1. The molecule has 0 bridgehead atoms. The number of hydrogen-bond acceptors (Lipinski definition) is 4. The van der Waals surface area contributed by atoms with Crippen molar-refractivity contribution in [3.63, 3.8) is 0 Å². The molecule has 8 heteroatoms. The molecule has 5 nitrogen and oxygen atoms in total. The second-order valence-corrected chi connectivity index (χ2v) is 7.16. The SMILES string of the molecule is O=C(Nc1ccc(F)c(F)c1)c1cccc2c1OCCN2c1ccc(CI)cn1. The molecule has 0 unspecified atom stereocenters. The van der Waals surface area contributed by atoms with E-state index < -0.39 is 17.5 Å². The molecular weight excluding hydrogens is 491 g/mol. The number of ether oxygens (including phenoxy) is 1. The minimum absolute atomic E-state index is 0.162. The predicted octanol–water partition coefficient (Wildman–Crippen LogP) is 5.08. The number of carbonyl (C=O) groups is 1. The molecular formula is C21H16F2IN3O2. The van der Waals surface area contributed by atoms with Crippen LogP contribution in [-0.4, -0.2) is 24.0 Å². The van der Waals surface area contributed by atoms with Crippen molar-refractivity contribution in [2.45, 2.75) is 4.43 Å². The van der Waals surface area contributed by atoms with Gasteiger partial charge in [-0.05, 0) is 35.9 Å². The van der Waals surface area contributed by atoms with E-state index in [2.05, 4.69) is 32.9 Å². The van der Waals surface area contributed by atoms with E-state index in [-0.39, 0.29) is 5.69 Å². The standard InChI is InChI=1S/C21H16F2IN3O2/c22-16-6-5-14(10-17(16)23)26-21(28)15-2-1-3-18-20(15)29-9-8-27(18)19-7-4-13(11-24)12-25-19/h1-7,10,12H,8-9,11H2,(H,26,28). The number of alkyl halides is 1. The molecule has 29 heavy (non-hydrogen) atoms. The smallest absolute Gasteiger partial charge is 0.259 e. The first kappa shape index (κ1) is 19.6. The van der Waals surface area contributed by atoms with Crippen molar-refractivity contribution in [2.75, 3.05) is 23.4 Å². The Morgan fingerprint density at radius 1 is 1.17 bits per heavy atom. The zero-order valence-electron chi connectivity index (χ0n) is 15.2. The number of fused-ring (bicyclic) bond motifs is 1. The Labute approximate surface area is 179 Å². The van der Waals surface area contributed by atoms with Crippen LogP contribution in [0, 0.1) is 11.6 Å². The Bertz CT molecular complexity index is 1060. The highest BCUT2D eigenvalue weighted by Crippen LogP contribution is 2.38. The Hall–Kier alpha value is -2.75. The van der Waals surface area contributed by atoms with Crippen molar-refractivity contribution >= 4 is 45.7 Å². The monoisotopic (exact) mass is 507 g/mol. The van der Waals surface area contributed by atoms with E-state index in [1.54, 1.807) is 12.1 Å². The second-order valence-electron chi connectivity index (χ2n) is 6.40. The van der Waals surface area contributed by atoms with Gasteiger partial charge in [-0.25, -0.2) is 13.8 Å². The highest BCUT2D eigenvalue weighted by atomic mass is 127. The third-order valence-corrected chi connectivity index (χ3v) is 5.39. The Kier molecular flexibility index (Phi) is 5.61. The van der Waals surface area contributed by atoms with E-state index in [1.807, 2.05) is 29.3 Å². The van der Waals surface area contributed by atoms with Gasteiger partial charge in [-0.2, -0.15) is 0 Å². The molecule has 3 aromatic rings. The van der Waals surface area contributed by atoms with Gasteiger partial charge in [0.15, 0.2) is 17.4 Å². The van der Waals surface area contributed by atoms with Gasteiger partial charge in [0.05, 0.1) is 17.8 Å². The molecule has 2 heterocycles. The normalized spacial score (nSPS) is 12.9. The van der Waals surface area contributed by atoms with Crippen LogP contribution >= 0.6 is 22.6 Å². The quantitative estimate of drug-likeness (QED) is 0.396. The molecule has 1 aromatic heterocycles. The lowest BCUT2D eigenvalue weighted by Gasteiger charge is -2.31. The van der Waals surface area contributed by atoms with Crippen molar-refractivity contribution in [1.82, 2.24) is 4.98 Å². The number of nitrogens with zero attached hydrogens (tertiary/aromatic N) is 2. The summed E-state index contributed by atoms with van der Waals surface area (Å²) in [5, 5.41) is 2.59. The van der Waals surface area contributed by atoms with Gasteiger partial charge in [-0.15, -0.1) is 0 Å². The van der Waals surface area contributed by atoms with Crippen LogP contribution in [0.5, 0.6) is 5.75 Å². The number of amides is 1. The first-order valence-corrected chi connectivity index (χ1v) is 10.4.